The maximum absolute atomic E-state index is 10.1. The Morgan fingerprint density at radius 2 is 1.75 bits per heavy atom. The summed E-state index contributed by atoms with van der Waals surface area (Å²) >= 11 is 0. The Kier molecular flexibility index (Phi) is 32.6. The minimum Gasteiger partial charge on any atom is -2.00 e. The van der Waals surface area contributed by atoms with Gasteiger partial charge in [-0.2, -0.15) is 0 Å². The van der Waals surface area contributed by atoms with E-state index in [1.807, 2.05) is 6.92 Å². The van der Waals surface area contributed by atoms with Gasteiger partial charge >= 0.3 is 27.7 Å². The molecule has 0 saturated carbocycles. The van der Waals surface area contributed by atoms with E-state index in [2.05, 4.69) is 4.74 Å². The third kappa shape index (κ3) is 22.5. The fourth-order valence-electron chi connectivity index (χ4n) is 0.389. The summed E-state index contributed by atoms with van der Waals surface area (Å²) in [4.78, 5) is 10.1. The van der Waals surface area contributed by atoms with Crippen LogP contribution in [0, 0.1) is 0 Å². The molecule has 0 fully saturated rings. The third-order valence-electron chi connectivity index (χ3n) is 0.737. The van der Waals surface area contributed by atoms with Crippen molar-refractivity contribution in [2.45, 2.75) is 13.8 Å². The van der Waals surface area contributed by atoms with E-state index in [-0.39, 0.29) is 38.6 Å². The molecule has 0 spiro atoms. The normalized spacial score (nSPS) is 6.83. The fraction of sp³-hybridized carbons (Fsp3) is 0.833. The van der Waals surface area contributed by atoms with Crippen LogP contribution in [-0.2, 0) is 46.9 Å². The number of ether oxygens (including phenoxy) is 2. The minimum atomic E-state index is -0.255. The molecular weight excluding hydrogens is 200 g/mol. The summed E-state index contributed by atoms with van der Waals surface area (Å²) in [6, 6.07) is 0. The minimum absolute atomic E-state index is 0. The average Bonchev–Trinajstić information content (AvgIpc) is 1.80. The molecule has 0 heterocycles. The van der Waals surface area contributed by atoms with Crippen LogP contribution in [0.1, 0.15) is 13.8 Å². The Labute approximate surface area is 86.9 Å². The Morgan fingerprint density at radius 3 is 2.08 bits per heavy atom. The van der Waals surface area contributed by atoms with Gasteiger partial charge in [0.25, 0.3) is 0 Å². The van der Waals surface area contributed by atoms with Crippen LogP contribution in [0.2, 0.25) is 0 Å². The maximum atomic E-state index is 10.1. The Hall–Kier alpha value is 0.0643. The Morgan fingerprint density at radius 1 is 1.25 bits per heavy atom. The monoisotopic (exact) mass is 212 g/mol. The van der Waals surface area contributed by atoms with Crippen LogP contribution in [0.5, 0.6) is 0 Å². The Balaban J connectivity index is -0.000000107. The van der Waals surface area contributed by atoms with Crippen molar-refractivity contribution in [1.82, 2.24) is 0 Å². The first-order valence-electron chi connectivity index (χ1n) is 2.98. The van der Waals surface area contributed by atoms with Crippen molar-refractivity contribution in [2.24, 2.45) is 0 Å². The van der Waals surface area contributed by atoms with Crippen molar-refractivity contribution in [3.63, 3.8) is 0 Å². The van der Waals surface area contributed by atoms with E-state index >= 15 is 0 Å². The second kappa shape index (κ2) is 17.2. The Bertz CT molecular complexity index is 88.0. The molecule has 12 heavy (non-hydrogen) atoms. The predicted molar refractivity (Wildman–Crippen MR) is 34.5 cm³/mol. The van der Waals surface area contributed by atoms with Gasteiger partial charge in [0.15, 0.2) is 0 Å². The number of carbonyl (C=O) groups is 1. The van der Waals surface area contributed by atoms with Crippen molar-refractivity contribution in [2.75, 3.05) is 19.8 Å². The molecule has 0 aromatic carbocycles. The summed E-state index contributed by atoms with van der Waals surface area (Å²) in [6.07, 6.45) is 0. The number of hydrogen-bond acceptors (Lipinski definition) is 3. The van der Waals surface area contributed by atoms with Crippen LogP contribution in [0.3, 0.4) is 0 Å². The molecule has 0 aliphatic carbocycles. The van der Waals surface area contributed by atoms with Gasteiger partial charge < -0.3 is 20.4 Å². The van der Waals surface area contributed by atoms with E-state index in [4.69, 9.17) is 4.74 Å². The zero-order chi connectivity index (χ0) is 7.11. The molecule has 0 bridgehead atoms. The smallest absolute Gasteiger partial charge is 2.00 e. The molecule has 70 valence electrons. The zero-order valence-electron chi connectivity index (χ0n) is 7.16. The molecule has 0 saturated heterocycles. The van der Waals surface area contributed by atoms with E-state index in [9.17, 15) is 4.79 Å². The van der Waals surface area contributed by atoms with Gasteiger partial charge in [0.1, 0.15) is 6.61 Å². The molecule has 0 rings (SSSR count). The van der Waals surface area contributed by atoms with Crippen molar-refractivity contribution >= 4 is 5.97 Å². The summed E-state index contributed by atoms with van der Waals surface area (Å²) < 4.78 is 9.49. The van der Waals surface area contributed by atoms with Crippen LogP contribution in [0.25, 0.3) is 0 Å². The van der Waals surface area contributed by atoms with E-state index in [1.165, 1.54) is 6.92 Å². The van der Waals surface area contributed by atoms with Crippen LogP contribution < -0.4 is 0 Å². The molecule has 0 aliphatic rings. The second-order valence-corrected chi connectivity index (χ2v) is 1.54. The van der Waals surface area contributed by atoms with Gasteiger partial charge in [-0.25, -0.2) is 0 Å². The average molecular weight is 212 g/mol. The third-order valence-corrected chi connectivity index (χ3v) is 0.737. The van der Waals surface area contributed by atoms with Crippen molar-refractivity contribution in [3.05, 3.63) is 0 Å². The van der Waals surface area contributed by atoms with Crippen LogP contribution in [0.4, 0.5) is 0 Å². The maximum Gasteiger partial charge on any atom is 4.00 e. The number of carbonyl (C=O) groups excluding carboxylic acids is 1. The van der Waals surface area contributed by atoms with Gasteiger partial charge in [-0.1, -0.05) is 0 Å². The van der Waals surface area contributed by atoms with Crippen LogP contribution in [0.15, 0.2) is 0 Å². The topological polar surface area (TPSA) is 92.5 Å². The van der Waals surface area contributed by atoms with Gasteiger partial charge in [-0.05, 0) is 6.92 Å². The number of hydrogen-bond donors (Lipinski definition) is 0. The SMILES string of the molecule is CCOCCOC(C)=O.[O-2].[O-2].[Ti+4]. The van der Waals surface area contributed by atoms with Crippen molar-refractivity contribution in [3.8, 4) is 0 Å². The summed E-state index contributed by atoms with van der Waals surface area (Å²) in [5.74, 6) is -0.255. The summed E-state index contributed by atoms with van der Waals surface area (Å²) in [7, 11) is 0. The van der Waals surface area contributed by atoms with Gasteiger partial charge in [0, 0.05) is 13.5 Å². The van der Waals surface area contributed by atoms with Gasteiger partial charge in [-0.15, -0.1) is 0 Å². The molecule has 0 radical (unpaired) electrons. The first-order valence-corrected chi connectivity index (χ1v) is 2.98. The van der Waals surface area contributed by atoms with E-state index in [0.29, 0.717) is 19.8 Å². The molecule has 0 unspecified atom stereocenters. The zero-order valence-corrected chi connectivity index (χ0v) is 8.72. The quantitative estimate of drug-likeness (QED) is 0.382. The molecule has 0 N–H and O–H groups in total. The summed E-state index contributed by atoms with van der Waals surface area (Å²) in [5, 5.41) is 0. The van der Waals surface area contributed by atoms with Crippen LogP contribution >= 0.6 is 0 Å². The number of esters is 1. The van der Waals surface area contributed by atoms with E-state index in [0.717, 1.165) is 0 Å². The molecule has 0 aromatic heterocycles. The summed E-state index contributed by atoms with van der Waals surface area (Å²) in [6.45, 7) is 4.81. The first-order chi connectivity index (χ1) is 4.27. The first kappa shape index (κ1) is 22.7. The van der Waals surface area contributed by atoms with Crippen LogP contribution in [-0.4, -0.2) is 25.8 Å². The molecule has 0 aliphatic heterocycles. The van der Waals surface area contributed by atoms with E-state index < -0.39 is 0 Å². The number of rotatable bonds is 4. The molecule has 5 nitrogen and oxygen atoms in total. The molecule has 6 heteroatoms. The van der Waals surface area contributed by atoms with Gasteiger partial charge in [0.2, 0.25) is 0 Å². The van der Waals surface area contributed by atoms with Crippen molar-refractivity contribution < 1.29 is 46.9 Å². The summed E-state index contributed by atoms with van der Waals surface area (Å²) in [5.41, 5.74) is 0. The molecular formula is C6H12O5Ti. The molecule has 0 aromatic rings. The largest absolute Gasteiger partial charge is 4.00 e. The van der Waals surface area contributed by atoms with Gasteiger partial charge in [-0.3, -0.25) is 4.79 Å². The van der Waals surface area contributed by atoms with Crippen molar-refractivity contribution in [1.29, 1.82) is 0 Å². The predicted octanol–water partition coefficient (Wildman–Crippen LogP) is 0.346. The van der Waals surface area contributed by atoms with E-state index in [1.54, 1.807) is 0 Å². The fourth-order valence-corrected chi connectivity index (χ4v) is 0.389. The standard InChI is InChI=1S/C6H12O3.2O.Ti/c1-3-8-4-5-9-6(2)7;;;/h3-5H2,1-2H3;;;/q;2*-2;+4. The molecule has 0 amide bonds. The van der Waals surface area contributed by atoms with Gasteiger partial charge in [0.05, 0.1) is 6.61 Å². The second-order valence-electron chi connectivity index (χ2n) is 1.54. The molecule has 0 atom stereocenters.